The van der Waals surface area contributed by atoms with Gasteiger partial charge in [0.1, 0.15) is 6.17 Å². The van der Waals surface area contributed by atoms with Crippen LogP contribution in [0.3, 0.4) is 0 Å². The number of hydrogen-bond donors (Lipinski definition) is 0. The molecule has 0 rings (SSSR count). The molecule has 0 aliphatic rings. The van der Waals surface area contributed by atoms with Crippen molar-refractivity contribution in [2.24, 2.45) is 0 Å². The maximum absolute atomic E-state index is 12.2. The zero-order valence-electron chi connectivity index (χ0n) is 5.86. The molecule has 0 fully saturated rings. The van der Waals surface area contributed by atoms with E-state index in [1.54, 1.807) is 0 Å². The van der Waals surface area contributed by atoms with Gasteiger partial charge in [-0.1, -0.05) is 6.58 Å². The molecule has 0 saturated heterocycles. The first-order chi connectivity index (χ1) is 4.89. The van der Waals surface area contributed by atoms with Crippen LogP contribution in [-0.2, 0) is 4.74 Å². The van der Waals surface area contributed by atoms with Gasteiger partial charge in [0.05, 0.1) is 6.26 Å². The Bertz CT molecular complexity index is 129. The summed E-state index contributed by atoms with van der Waals surface area (Å²) in [6, 6.07) is 0. The van der Waals surface area contributed by atoms with Crippen molar-refractivity contribution in [3.8, 4) is 0 Å². The van der Waals surface area contributed by atoms with Crippen molar-refractivity contribution in [2.75, 3.05) is 0 Å². The molecule has 0 N–H and O–H groups in total. The van der Waals surface area contributed by atoms with Crippen molar-refractivity contribution in [1.29, 1.82) is 0 Å². The van der Waals surface area contributed by atoms with Crippen molar-refractivity contribution in [1.82, 2.24) is 0 Å². The molecule has 0 spiro atoms. The third kappa shape index (κ3) is 3.25. The van der Waals surface area contributed by atoms with E-state index in [2.05, 4.69) is 11.3 Å². The molecule has 2 atom stereocenters. The summed E-state index contributed by atoms with van der Waals surface area (Å²) >= 11 is 0. The minimum atomic E-state index is -4.68. The second-order valence-corrected chi connectivity index (χ2v) is 1.94. The van der Waals surface area contributed by atoms with E-state index in [0.29, 0.717) is 6.26 Å². The quantitative estimate of drug-likeness (QED) is 0.469. The lowest BCUT2D eigenvalue weighted by Crippen LogP contribution is -2.37. The summed E-state index contributed by atoms with van der Waals surface area (Å²) in [6.07, 6.45) is -8.59. The molecular formula is C6H8F4O. The van der Waals surface area contributed by atoms with E-state index in [4.69, 9.17) is 0 Å². The van der Waals surface area contributed by atoms with Gasteiger partial charge in [0, 0.05) is 0 Å². The van der Waals surface area contributed by atoms with Gasteiger partial charge in [0.25, 0.3) is 0 Å². The largest absolute Gasteiger partial charge is 0.486 e. The standard InChI is InChI=1S/C6H8F4O/c1-3-11-5(4(2)7)6(8,9)10/h3-5H,1H2,2H3. The molecule has 0 heterocycles. The van der Waals surface area contributed by atoms with Crippen LogP contribution in [0.4, 0.5) is 17.6 Å². The molecule has 0 saturated carbocycles. The maximum Gasteiger partial charge on any atom is 0.428 e. The van der Waals surface area contributed by atoms with Crippen LogP contribution in [0, 0.1) is 0 Å². The predicted molar refractivity (Wildman–Crippen MR) is 31.7 cm³/mol. The zero-order chi connectivity index (χ0) is 9.07. The summed E-state index contributed by atoms with van der Waals surface area (Å²) in [6.45, 7) is 3.69. The molecule has 0 aromatic rings. The Morgan fingerprint density at radius 1 is 1.45 bits per heavy atom. The van der Waals surface area contributed by atoms with Crippen LogP contribution < -0.4 is 0 Å². The van der Waals surface area contributed by atoms with Gasteiger partial charge in [-0.15, -0.1) is 0 Å². The average Bonchev–Trinajstić information content (AvgIpc) is 1.79. The van der Waals surface area contributed by atoms with Gasteiger partial charge in [-0.3, -0.25) is 0 Å². The van der Waals surface area contributed by atoms with E-state index < -0.39 is 18.5 Å². The summed E-state index contributed by atoms with van der Waals surface area (Å²) in [4.78, 5) is 0. The Morgan fingerprint density at radius 3 is 2.00 bits per heavy atom. The molecule has 0 aromatic carbocycles. The van der Waals surface area contributed by atoms with E-state index in [-0.39, 0.29) is 0 Å². The van der Waals surface area contributed by atoms with Gasteiger partial charge >= 0.3 is 6.18 Å². The van der Waals surface area contributed by atoms with Crippen molar-refractivity contribution in [3.05, 3.63) is 12.8 Å². The fourth-order valence-electron chi connectivity index (χ4n) is 0.549. The second-order valence-electron chi connectivity index (χ2n) is 1.94. The lowest BCUT2D eigenvalue weighted by Gasteiger charge is -2.20. The Hall–Kier alpha value is -0.740. The zero-order valence-corrected chi connectivity index (χ0v) is 5.86. The highest BCUT2D eigenvalue weighted by molar-refractivity contribution is 4.75. The Balaban J connectivity index is 4.21. The summed E-state index contributed by atoms with van der Waals surface area (Å²) in [5, 5.41) is 0. The maximum atomic E-state index is 12.2. The molecule has 1 nitrogen and oxygen atoms in total. The van der Waals surface area contributed by atoms with Gasteiger partial charge in [0.15, 0.2) is 0 Å². The minimum Gasteiger partial charge on any atom is -0.486 e. The highest BCUT2D eigenvalue weighted by atomic mass is 19.4. The van der Waals surface area contributed by atoms with E-state index in [0.717, 1.165) is 6.92 Å². The van der Waals surface area contributed by atoms with Crippen LogP contribution in [0.2, 0.25) is 0 Å². The first-order valence-corrected chi connectivity index (χ1v) is 2.86. The third-order valence-electron chi connectivity index (χ3n) is 0.983. The van der Waals surface area contributed by atoms with Crippen molar-refractivity contribution in [2.45, 2.75) is 25.4 Å². The number of rotatable bonds is 3. The molecule has 2 unspecified atom stereocenters. The highest BCUT2D eigenvalue weighted by Crippen LogP contribution is 2.26. The van der Waals surface area contributed by atoms with E-state index in [1.165, 1.54) is 0 Å². The fourth-order valence-corrected chi connectivity index (χ4v) is 0.549. The molecule has 0 aromatic heterocycles. The molecule has 5 heteroatoms. The molecule has 0 aliphatic heterocycles. The smallest absolute Gasteiger partial charge is 0.428 e. The normalized spacial score (nSPS) is 17.2. The topological polar surface area (TPSA) is 9.23 Å². The summed E-state index contributed by atoms with van der Waals surface area (Å²) < 4.78 is 51.3. The fraction of sp³-hybridized carbons (Fsp3) is 0.667. The van der Waals surface area contributed by atoms with Gasteiger partial charge in [-0.25, -0.2) is 4.39 Å². The van der Waals surface area contributed by atoms with Gasteiger partial charge in [-0.2, -0.15) is 13.2 Å². The number of halogens is 4. The third-order valence-corrected chi connectivity index (χ3v) is 0.983. The Kier molecular flexibility index (Phi) is 3.35. The predicted octanol–water partition coefficient (Wildman–Crippen LogP) is 2.44. The Morgan fingerprint density at radius 2 is 1.91 bits per heavy atom. The Labute approximate surface area is 61.7 Å². The minimum absolute atomic E-state index is 0.578. The molecular weight excluding hydrogens is 164 g/mol. The van der Waals surface area contributed by atoms with Crippen LogP contribution in [0.25, 0.3) is 0 Å². The van der Waals surface area contributed by atoms with Crippen LogP contribution in [0.5, 0.6) is 0 Å². The summed E-state index contributed by atoms with van der Waals surface area (Å²) in [5.41, 5.74) is 0. The molecule has 0 amide bonds. The monoisotopic (exact) mass is 172 g/mol. The second kappa shape index (κ2) is 3.59. The highest BCUT2D eigenvalue weighted by Gasteiger charge is 2.45. The molecule has 66 valence electrons. The number of ether oxygens (including phenoxy) is 1. The molecule has 11 heavy (non-hydrogen) atoms. The summed E-state index contributed by atoms with van der Waals surface area (Å²) in [7, 11) is 0. The average molecular weight is 172 g/mol. The molecule has 0 bridgehead atoms. The van der Waals surface area contributed by atoms with Crippen molar-refractivity contribution >= 4 is 0 Å². The molecule has 0 aliphatic carbocycles. The van der Waals surface area contributed by atoms with Crippen molar-refractivity contribution < 1.29 is 22.3 Å². The lowest BCUT2D eigenvalue weighted by atomic mass is 10.2. The van der Waals surface area contributed by atoms with Crippen molar-refractivity contribution in [3.63, 3.8) is 0 Å². The van der Waals surface area contributed by atoms with E-state index in [9.17, 15) is 17.6 Å². The van der Waals surface area contributed by atoms with Crippen LogP contribution in [-0.4, -0.2) is 18.5 Å². The van der Waals surface area contributed by atoms with E-state index >= 15 is 0 Å². The lowest BCUT2D eigenvalue weighted by molar-refractivity contribution is -0.220. The number of alkyl halides is 4. The number of hydrogen-bond acceptors (Lipinski definition) is 1. The van der Waals surface area contributed by atoms with Crippen LogP contribution in [0.1, 0.15) is 6.92 Å². The first kappa shape index (κ1) is 10.3. The van der Waals surface area contributed by atoms with E-state index in [1.807, 2.05) is 0 Å². The molecule has 0 radical (unpaired) electrons. The van der Waals surface area contributed by atoms with Crippen LogP contribution >= 0.6 is 0 Å². The first-order valence-electron chi connectivity index (χ1n) is 2.86. The van der Waals surface area contributed by atoms with Gasteiger partial charge in [0.2, 0.25) is 6.10 Å². The van der Waals surface area contributed by atoms with Gasteiger partial charge in [-0.05, 0) is 6.92 Å². The summed E-state index contributed by atoms with van der Waals surface area (Å²) in [5.74, 6) is 0. The van der Waals surface area contributed by atoms with Gasteiger partial charge < -0.3 is 4.74 Å². The SMILES string of the molecule is C=COC(C(C)F)C(F)(F)F. The van der Waals surface area contributed by atoms with Crippen LogP contribution in [0.15, 0.2) is 12.8 Å².